The molecule has 29 heavy (non-hydrogen) atoms. The maximum Gasteiger partial charge on any atom is 0.338 e. The number of amides is 1. The summed E-state index contributed by atoms with van der Waals surface area (Å²) in [4.78, 5) is 36.5. The topological polar surface area (TPSA) is 140 Å². The summed E-state index contributed by atoms with van der Waals surface area (Å²) in [5.74, 6) is -2.05. The summed E-state index contributed by atoms with van der Waals surface area (Å²) >= 11 is 0. The van der Waals surface area contributed by atoms with E-state index in [9.17, 15) is 19.5 Å². The molecule has 1 unspecified atom stereocenters. The first-order chi connectivity index (χ1) is 13.9. The van der Waals surface area contributed by atoms with Gasteiger partial charge in [-0.1, -0.05) is 18.2 Å². The zero-order chi connectivity index (χ0) is 21.0. The van der Waals surface area contributed by atoms with Gasteiger partial charge in [-0.2, -0.15) is 0 Å². The number of aliphatic hydroxyl groups excluding tert-OH is 1. The Bertz CT molecular complexity index is 785. The second kappa shape index (κ2) is 9.03. The van der Waals surface area contributed by atoms with Gasteiger partial charge < -0.3 is 35.3 Å². The van der Waals surface area contributed by atoms with Crippen LogP contribution in [0.15, 0.2) is 42.6 Å². The minimum absolute atomic E-state index is 0.0853. The molecule has 1 fully saturated rings. The number of nitrogens with one attached hydrogen (secondary N) is 1. The molecule has 2 aliphatic rings. The fourth-order valence-electron chi connectivity index (χ4n) is 3.33. The molecule has 5 atom stereocenters. The zero-order valence-electron chi connectivity index (χ0n) is 15.8. The van der Waals surface area contributed by atoms with Crippen LogP contribution in [0.1, 0.15) is 17.3 Å². The number of hydrogen-bond donors (Lipinski definition) is 3. The number of aliphatic hydroxyl groups is 1. The third-order valence-corrected chi connectivity index (χ3v) is 4.70. The van der Waals surface area contributed by atoms with Gasteiger partial charge in [0.05, 0.1) is 5.56 Å². The lowest BCUT2D eigenvalue weighted by Gasteiger charge is -2.36. The molecule has 10 nitrogen and oxygen atoms in total. The van der Waals surface area contributed by atoms with E-state index in [0.29, 0.717) is 5.56 Å². The molecule has 0 saturated carbocycles. The first-order valence-electron chi connectivity index (χ1n) is 9.10. The maximum atomic E-state index is 12.2. The lowest BCUT2D eigenvalue weighted by Crippen LogP contribution is -2.56. The molecular formula is C19H23N3O7. The van der Waals surface area contributed by atoms with E-state index < -0.39 is 48.6 Å². The second-order valence-electron chi connectivity index (χ2n) is 6.65. The van der Waals surface area contributed by atoms with Crippen molar-refractivity contribution in [2.45, 2.75) is 31.7 Å². The van der Waals surface area contributed by atoms with Crippen molar-refractivity contribution >= 4 is 17.8 Å². The first kappa shape index (κ1) is 20.8. The summed E-state index contributed by atoms with van der Waals surface area (Å²) in [6, 6.07) is 8.47. The Kier molecular flexibility index (Phi) is 6.47. The summed E-state index contributed by atoms with van der Waals surface area (Å²) in [6.07, 6.45) is -1.27. The molecule has 10 heteroatoms. The van der Waals surface area contributed by atoms with Crippen molar-refractivity contribution in [1.82, 2.24) is 10.2 Å². The van der Waals surface area contributed by atoms with Crippen molar-refractivity contribution in [3.8, 4) is 0 Å². The van der Waals surface area contributed by atoms with E-state index in [1.807, 2.05) is 0 Å². The molecule has 1 amide bonds. The lowest BCUT2D eigenvalue weighted by molar-refractivity contribution is -0.172. The molecule has 3 rings (SSSR count). The Hall–Kier alpha value is -2.95. The molecule has 0 aliphatic carbocycles. The SMILES string of the molecule is CC(=O)O[C@@H]1[C@H](CN)[C@@H](COC(=O)c2ccccc2)O[C@H]1N1C=CC(=O)NC1O. The van der Waals surface area contributed by atoms with Crippen molar-refractivity contribution in [2.24, 2.45) is 11.7 Å². The number of benzene rings is 1. The molecule has 1 aromatic rings. The smallest absolute Gasteiger partial charge is 0.338 e. The number of nitrogens with zero attached hydrogens (tertiary/aromatic N) is 1. The van der Waals surface area contributed by atoms with Crippen LogP contribution in [0, 0.1) is 5.92 Å². The maximum absolute atomic E-state index is 12.2. The van der Waals surface area contributed by atoms with Crippen LogP contribution in [0.2, 0.25) is 0 Å². The van der Waals surface area contributed by atoms with E-state index in [1.165, 1.54) is 24.1 Å². The van der Waals surface area contributed by atoms with E-state index >= 15 is 0 Å². The Morgan fingerprint density at radius 3 is 2.66 bits per heavy atom. The summed E-state index contributed by atoms with van der Waals surface area (Å²) < 4.78 is 16.7. The molecule has 156 valence electrons. The van der Waals surface area contributed by atoms with Crippen molar-refractivity contribution in [3.63, 3.8) is 0 Å². The van der Waals surface area contributed by atoms with Gasteiger partial charge in [0.25, 0.3) is 0 Å². The molecule has 0 bridgehead atoms. The average molecular weight is 405 g/mol. The fraction of sp³-hybridized carbons (Fsp3) is 0.421. The highest BCUT2D eigenvalue weighted by molar-refractivity contribution is 5.89. The van der Waals surface area contributed by atoms with Crippen LogP contribution in [-0.2, 0) is 23.8 Å². The highest BCUT2D eigenvalue weighted by atomic mass is 16.6. The van der Waals surface area contributed by atoms with E-state index in [-0.39, 0.29) is 13.2 Å². The summed E-state index contributed by atoms with van der Waals surface area (Å²) in [6.45, 7) is 1.21. The molecule has 1 saturated heterocycles. The van der Waals surface area contributed by atoms with Gasteiger partial charge >= 0.3 is 11.9 Å². The van der Waals surface area contributed by atoms with Crippen molar-refractivity contribution < 1.29 is 33.7 Å². The Labute approximate surface area is 167 Å². The molecule has 0 radical (unpaired) electrons. The number of ether oxygens (including phenoxy) is 3. The third kappa shape index (κ3) is 4.73. The molecule has 2 heterocycles. The quantitative estimate of drug-likeness (QED) is 0.524. The predicted octanol–water partition coefficient (Wildman–Crippen LogP) is -0.704. The fourth-order valence-corrected chi connectivity index (χ4v) is 3.33. The molecular weight excluding hydrogens is 382 g/mol. The second-order valence-corrected chi connectivity index (χ2v) is 6.65. The van der Waals surface area contributed by atoms with Gasteiger partial charge in [-0.05, 0) is 12.1 Å². The third-order valence-electron chi connectivity index (χ3n) is 4.70. The molecule has 0 aromatic heterocycles. The van der Waals surface area contributed by atoms with Crippen LogP contribution < -0.4 is 11.1 Å². The first-order valence-corrected chi connectivity index (χ1v) is 9.10. The molecule has 2 aliphatic heterocycles. The van der Waals surface area contributed by atoms with E-state index in [2.05, 4.69) is 5.32 Å². The number of hydrogen-bond acceptors (Lipinski definition) is 9. The van der Waals surface area contributed by atoms with Gasteiger partial charge in [0.1, 0.15) is 12.7 Å². The van der Waals surface area contributed by atoms with Gasteiger partial charge in [-0.15, -0.1) is 0 Å². The van der Waals surface area contributed by atoms with Crippen LogP contribution in [-0.4, -0.2) is 65.8 Å². The van der Waals surface area contributed by atoms with Gasteiger partial charge in [0.2, 0.25) is 12.3 Å². The molecule has 4 N–H and O–H groups in total. The number of carbonyl (C=O) groups excluding carboxylic acids is 3. The predicted molar refractivity (Wildman–Crippen MR) is 98.6 cm³/mol. The van der Waals surface area contributed by atoms with Crippen molar-refractivity contribution in [3.05, 3.63) is 48.2 Å². The van der Waals surface area contributed by atoms with Crippen molar-refractivity contribution in [1.29, 1.82) is 0 Å². The summed E-state index contributed by atoms with van der Waals surface area (Å²) in [5.41, 5.74) is 6.26. The number of rotatable bonds is 6. The number of carbonyl (C=O) groups is 3. The van der Waals surface area contributed by atoms with Crippen LogP contribution in [0.4, 0.5) is 0 Å². The highest BCUT2D eigenvalue weighted by Crippen LogP contribution is 2.33. The van der Waals surface area contributed by atoms with Gasteiger partial charge in [-0.3, -0.25) is 9.59 Å². The molecule has 1 aromatic carbocycles. The van der Waals surface area contributed by atoms with E-state index in [1.54, 1.807) is 30.3 Å². The van der Waals surface area contributed by atoms with Gasteiger partial charge in [-0.25, -0.2) is 4.79 Å². The standard InChI is InChI=1S/C19H23N3O7/c1-11(23)28-16-13(9-20)14(10-27-18(25)12-5-3-2-4-6-12)29-17(16)22-8-7-15(24)21-19(22)26/h2-8,13-14,16-17,19,26H,9-10,20H2,1H3,(H,21,24)/t13-,14-,16-,17-,19?/m1/s1. The van der Waals surface area contributed by atoms with Gasteiger partial charge in [0, 0.05) is 31.7 Å². The normalized spacial score (nSPS) is 28.7. The monoisotopic (exact) mass is 405 g/mol. The van der Waals surface area contributed by atoms with Crippen LogP contribution >= 0.6 is 0 Å². The summed E-state index contributed by atoms with van der Waals surface area (Å²) in [7, 11) is 0. The van der Waals surface area contributed by atoms with E-state index in [4.69, 9.17) is 19.9 Å². The average Bonchev–Trinajstić information content (AvgIpc) is 3.03. The minimum Gasteiger partial charge on any atom is -0.459 e. The molecule has 0 spiro atoms. The Balaban J connectivity index is 1.75. The minimum atomic E-state index is -1.38. The van der Waals surface area contributed by atoms with Crippen LogP contribution in [0.3, 0.4) is 0 Å². The number of nitrogens with two attached hydrogens (primary N) is 1. The summed E-state index contributed by atoms with van der Waals surface area (Å²) in [5, 5.41) is 12.5. The van der Waals surface area contributed by atoms with Crippen LogP contribution in [0.5, 0.6) is 0 Å². The highest BCUT2D eigenvalue weighted by Gasteiger charge is 2.50. The largest absolute Gasteiger partial charge is 0.459 e. The van der Waals surface area contributed by atoms with E-state index in [0.717, 1.165) is 0 Å². The Morgan fingerprint density at radius 2 is 2.03 bits per heavy atom. The van der Waals surface area contributed by atoms with Crippen LogP contribution in [0.25, 0.3) is 0 Å². The lowest BCUT2D eigenvalue weighted by atomic mass is 9.98. The zero-order valence-corrected chi connectivity index (χ0v) is 15.8. The Morgan fingerprint density at radius 1 is 1.31 bits per heavy atom. The van der Waals surface area contributed by atoms with Crippen molar-refractivity contribution in [2.75, 3.05) is 13.2 Å². The van der Waals surface area contributed by atoms with Gasteiger partial charge in [0.15, 0.2) is 12.3 Å². The number of esters is 2.